The van der Waals surface area contributed by atoms with Crippen LogP contribution >= 0.6 is 27.5 Å². The van der Waals surface area contributed by atoms with E-state index in [9.17, 15) is 0 Å². The number of halogens is 2. The van der Waals surface area contributed by atoms with Gasteiger partial charge in [-0.3, -0.25) is 0 Å². The minimum Gasteiger partial charge on any atom is -0.488 e. The fraction of sp³-hybridized carbons (Fsp3) is 0.0588. The highest BCUT2D eigenvalue weighted by atomic mass is 79.9. The van der Waals surface area contributed by atoms with E-state index in [0.717, 1.165) is 26.2 Å². The van der Waals surface area contributed by atoms with Crippen LogP contribution in [-0.4, -0.2) is 0 Å². The quantitative estimate of drug-likeness (QED) is 0.579. The number of ether oxygens (including phenoxy) is 1. The van der Waals surface area contributed by atoms with Crippen molar-refractivity contribution in [2.75, 3.05) is 0 Å². The third-order valence-corrected chi connectivity index (χ3v) is 4.36. The highest BCUT2D eigenvalue weighted by Gasteiger charge is 2.07. The van der Waals surface area contributed by atoms with Gasteiger partial charge in [-0.15, -0.1) is 0 Å². The first-order valence-electron chi connectivity index (χ1n) is 6.29. The smallest absolute Gasteiger partial charge is 0.134 e. The van der Waals surface area contributed by atoms with E-state index < -0.39 is 0 Å². The second-order valence-corrected chi connectivity index (χ2v) is 5.68. The zero-order chi connectivity index (χ0) is 13.9. The summed E-state index contributed by atoms with van der Waals surface area (Å²) in [7, 11) is 0. The summed E-state index contributed by atoms with van der Waals surface area (Å²) in [4.78, 5) is 0. The summed E-state index contributed by atoms with van der Waals surface area (Å²) in [6.45, 7) is 0.455. The third kappa shape index (κ3) is 2.67. The van der Waals surface area contributed by atoms with E-state index in [-0.39, 0.29) is 0 Å². The van der Waals surface area contributed by atoms with Gasteiger partial charge in [0.2, 0.25) is 0 Å². The zero-order valence-electron chi connectivity index (χ0n) is 10.6. The van der Waals surface area contributed by atoms with Crippen molar-refractivity contribution in [2.45, 2.75) is 6.61 Å². The molecule has 20 heavy (non-hydrogen) atoms. The van der Waals surface area contributed by atoms with Gasteiger partial charge >= 0.3 is 0 Å². The maximum atomic E-state index is 6.13. The van der Waals surface area contributed by atoms with E-state index in [2.05, 4.69) is 34.1 Å². The predicted molar refractivity (Wildman–Crippen MR) is 87.4 cm³/mol. The Morgan fingerprint density at radius 3 is 2.50 bits per heavy atom. The second kappa shape index (κ2) is 5.86. The lowest BCUT2D eigenvalue weighted by Crippen LogP contribution is -1.97. The molecule has 0 fully saturated rings. The lowest BCUT2D eigenvalue weighted by atomic mass is 10.1. The molecular formula is C17H12BrClO. The van der Waals surface area contributed by atoms with E-state index in [1.165, 1.54) is 5.39 Å². The number of hydrogen-bond acceptors (Lipinski definition) is 1. The first kappa shape index (κ1) is 13.5. The largest absolute Gasteiger partial charge is 0.488 e. The van der Waals surface area contributed by atoms with Gasteiger partial charge in [0, 0.05) is 10.6 Å². The van der Waals surface area contributed by atoms with Gasteiger partial charge in [-0.25, -0.2) is 0 Å². The van der Waals surface area contributed by atoms with Crippen molar-refractivity contribution in [1.29, 1.82) is 0 Å². The summed E-state index contributed by atoms with van der Waals surface area (Å²) in [5.74, 6) is 0.823. The predicted octanol–water partition coefficient (Wildman–Crippen LogP) is 5.83. The van der Waals surface area contributed by atoms with Crippen molar-refractivity contribution >= 4 is 38.3 Å². The zero-order valence-corrected chi connectivity index (χ0v) is 13.0. The van der Waals surface area contributed by atoms with Crippen molar-refractivity contribution in [1.82, 2.24) is 0 Å². The molecule has 0 aliphatic heterocycles. The highest BCUT2D eigenvalue weighted by Crippen LogP contribution is 2.33. The van der Waals surface area contributed by atoms with E-state index in [0.29, 0.717) is 6.61 Å². The van der Waals surface area contributed by atoms with Gasteiger partial charge in [0.15, 0.2) is 0 Å². The molecule has 0 saturated heterocycles. The molecule has 100 valence electrons. The van der Waals surface area contributed by atoms with Crippen LogP contribution in [0.2, 0.25) is 5.02 Å². The van der Waals surface area contributed by atoms with Crippen LogP contribution in [0.25, 0.3) is 10.8 Å². The average molecular weight is 348 g/mol. The number of fused-ring (bicyclic) bond motifs is 1. The van der Waals surface area contributed by atoms with Crippen LogP contribution < -0.4 is 4.74 Å². The average Bonchev–Trinajstić information content (AvgIpc) is 2.48. The van der Waals surface area contributed by atoms with E-state index >= 15 is 0 Å². The van der Waals surface area contributed by atoms with Gasteiger partial charge in [0.25, 0.3) is 0 Å². The summed E-state index contributed by atoms with van der Waals surface area (Å²) >= 11 is 9.75. The Morgan fingerprint density at radius 2 is 1.65 bits per heavy atom. The number of rotatable bonds is 3. The van der Waals surface area contributed by atoms with Crippen molar-refractivity contribution in [2.24, 2.45) is 0 Å². The van der Waals surface area contributed by atoms with Crippen LogP contribution in [0.4, 0.5) is 0 Å². The minimum absolute atomic E-state index is 0.455. The lowest BCUT2D eigenvalue weighted by molar-refractivity contribution is 0.305. The molecule has 0 amide bonds. The Bertz CT molecular complexity index is 755. The Balaban J connectivity index is 1.88. The second-order valence-electron chi connectivity index (χ2n) is 4.48. The Labute approximate surface area is 131 Å². The van der Waals surface area contributed by atoms with Crippen LogP contribution in [0, 0.1) is 0 Å². The molecular weight excluding hydrogens is 336 g/mol. The molecule has 0 spiro atoms. The van der Waals surface area contributed by atoms with Crippen molar-refractivity contribution < 1.29 is 4.74 Å². The minimum atomic E-state index is 0.455. The molecule has 3 heteroatoms. The summed E-state index contributed by atoms with van der Waals surface area (Å²) in [5.41, 5.74) is 0.981. The van der Waals surface area contributed by atoms with Crippen LogP contribution in [0.1, 0.15) is 5.56 Å². The number of hydrogen-bond donors (Lipinski definition) is 0. The summed E-state index contributed by atoms with van der Waals surface area (Å²) in [5, 5.41) is 3.05. The summed E-state index contributed by atoms with van der Waals surface area (Å²) in [6.07, 6.45) is 0. The molecule has 0 aromatic heterocycles. The lowest BCUT2D eigenvalue weighted by Gasteiger charge is -2.11. The summed E-state index contributed by atoms with van der Waals surface area (Å²) < 4.78 is 6.86. The topological polar surface area (TPSA) is 9.23 Å². The maximum absolute atomic E-state index is 6.13. The molecule has 0 atom stereocenters. The standard InChI is InChI=1S/C17H12BrClO/c18-17-14-7-3-1-5-12(14)9-10-16(17)20-11-13-6-2-4-8-15(13)19/h1-10H,11H2. The van der Waals surface area contributed by atoms with Gasteiger partial charge < -0.3 is 4.74 Å². The van der Waals surface area contributed by atoms with Gasteiger partial charge in [0.1, 0.15) is 12.4 Å². The number of benzene rings is 3. The molecule has 0 bridgehead atoms. The molecule has 0 saturated carbocycles. The molecule has 1 nitrogen and oxygen atoms in total. The molecule has 3 aromatic rings. The van der Waals surface area contributed by atoms with Crippen molar-refractivity contribution in [3.63, 3.8) is 0 Å². The first-order valence-corrected chi connectivity index (χ1v) is 7.46. The molecule has 0 radical (unpaired) electrons. The van der Waals surface area contributed by atoms with Crippen LogP contribution in [0.3, 0.4) is 0 Å². The van der Waals surface area contributed by atoms with Gasteiger partial charge in [-0.05, 0) is 38.8 Å². The van der Waals surface area contributed by atoms with Crippen LogP contribution in [0.5, 0.6) is 5.75 Å². The normalized spacial score (nSPS) is 10.7. The van der Waals surface area contributed by atoms with Crippen LogP contribution in [0.15, 0.2) is 65.1 Å². The van der Waals surface area contributed by atoms with Crippen molar-refractivity contribution in [3.05, 3.63) is 75.7 Å². The van der Waals surface area contributed by atoms with E-state index in [4.69, 9.17) is 16.3 Å². The fourth-order valence-corrected chi connectivity index (χ4v) is 2.89. The SMILES string of the molecule is Clc1ccccc1COc1ccc2ccccc2c1Br. The molecule has 0 aliphatic rings. The fourth-order valence-electron chi connectivity index (χ4n) is 2.10. The molecule has 0 unspecified atom stereocenters. The molecule has 0 N–H and O–H groups in total. The Hall–Kier alpha value is -1.51. The third-order valence-electron chi connectivity index (χ3n) is 3.17. The van der Waals surface area contributed by atoms with Gasteiger partial charge in [-0.2, -0.15) is 0 Å². The highest BCUT2D eigenvalue weighted by molar-refractivity contribution is 9.10. The Kier molecular flexibility index (Phi) is 3.95. The molecule has 0 aliphatic carbocycles. The van der Waals surface area contributed by atoms with E-state index in [1.807, 2.05) is 42.5 Å². The molecule has 3 rings (SSSR count). The monoisotopic (exact) mass is 346 g/mol. The molecule has 3 aromatic carbocycles. The van der Waals surface area contributed by atoms with Gasteiger partial charge in [-0.1, -0.05) is 60.1 Å². The Morgan fingerprint density at radius 1 is 0.900 bits per heavy atom. The molecule has 0 heterocycles. The van der Waals surface area contributed by atoms with Crippen molar-refractivity contribution in [3.8, 4) is 5.75 Å². The van der Waals surface area contributed by atoms with E-state index in [1.54, 1.807) is 0 Å². The van der Waals surface area contributed by atoms with Gasteiger partial charge in [0.05, 0.1) is 4.47 Å². The first-order chi connectivity index (χ1) is 9.75. The maximum Gasteiger partial charge on any atom is 0.134 e. The summed E-state index contributed by atoms with van der Waals surface area (Å²) in [6, 6.07) is 19.9. The van der Waals surface area contributed by atoms with Crippen LogP contribution in [-0.2, 0) is 6.61 Å².